The number of phenols is 1. The maximum absolute atomic E-state index is 12.8. The second-order valence-corrected chi connectivity index (χ2v) is 5.38. The Hall–Kier alpha value is -3.95. The molecule has 0 unspecified atom stereocenters. The summed E-state index contributed by atoms with van der Waals surface area (Å²) in [5.41, 5.74) is -0.231. The van der Waals surface area contributed by atoms with Gasteiger partial charge in [-0.2, -0.15) is 5.10 Å². The zero-order chi connectivity index (χ0) is 19.4. The van der Waals surface area contributed by atoms with E-state index in [0.29, 0.717) is 5.75 Å². The van der Waals surface area contributed by atoms with Crippen LogP contribution in [0.15, 0.2) is 54.7 Å². The predicted molar refractivity (Wildman–Crippen MR) is 92.0 cm³/mol. The molecule has 2 N–H and O–H groups in total. The van der Waals surface area contributed by atoms with Gasteiger partial charge in [0.1, 0.15) is 17.3 Å². The van der Waals surface area contributed by atoms with Crippen LogP contribution in [-0.4, -0.2) is 25.7 Å². The Morgan fingerprint density at radius 1 is 1.26 bits per heavy atom. The maximum atomic E-state index is 12.8. The Kier molecular flexibility index (Phi) is 4.97. The number of rotatable bonds is 6. The van der Waals surface area contributed by atoms with Crippen LogP contribution < -0.4 is 10.1 Å². The quantitative estimate of drug-likeness (QED) is 0.390. The molecule has 3 rings (SSSR count). The number of phenolic OH excluding ortho intramolecular Hbond substituents is 1. The summed E-state index contributed by atoms with van der Waals surface area (Å²) in [6.07, 6.45) is 1.51. The Balaban J connectivity index is 1.63. The summed E-state index contributed by atoms with van der Waals surface area (Å²) in [5, 5.41) is 26.9. The fraction of sp³-hybridized carbons (Fsp3) is 0.0588. The summed E-state index contributed by atoms with van der Waals surface area (Å²) in [7, 11) is 0. The summed E-state index contributed by atoms with van der Waals surface area (Å²) >= 11 is 0. The van der Waals surface area contributed by atoms with Gasteiger partial charge in [-0.05, 0) is 36.4 Å². The first kappa shape index (κ1) is 17.9. The van der Waals surface area contributed by atoms with Crippen molar-refractivity contribution in [1.29, 1.82) is 0 Å². The van der Waals surface area contributed by atoms with Gasteiger partial charge in [-0.3, -0.25) is 14.9 Å². The van der Waals surface area contributed by atoms with E-state index in [4.69, 9.17) is 4.74 Å². The number of aromatic nitrogens is 2. The monoisotopic (exact) mass is 372 g/mol. The van der Waals surface area contributed by atoms with Crippen LogP contribution in [0.25, 0.3) is 0 Å². The van der Waals surface area contributed by atoms with Crippen molar-refractivity contribution in [2.45, 2.75) is 6.73 Å². The van der Waals surface area contributed by atoms with Crippen LogP contribution in [0.1, 0.15) is 10.5 Å². The molecular formula is C17H13FN4O5. The molecule has 27 heavy (non-hydrogen) atoms. The minimum Gasteiger partial charge on any atom is -0.506 e. The van der Waals surface area contributed by atoms with Gasteiger partial charge in [-0.1, -0.05) is 0 Å². The first-order valence-corrected chi connectivity index (χ1v) is 7.63. The summed E-state index contributed by atoms with van der Waals surface area (Å²) in [6, 6.07) is 10.2. The van der Waals surface area contributed by atoms with Crippen molar-refractivity contribution < 1.29 is 24.0 Å². The molecule has 0 atom stereocenters. The molecule has 0 bridgehead atoms. The van der Waals surface area contributed by atoms with E-state index in [1.54, 1.807) is 0 Å². The molecule has 0 radical (unpaired) electrons. The minimum absolute atomic E-state index is 0.00168. The molecule has 0 saturated heterocycles. The van der Waals surface area contributed by atoms with Gasteiger partial charge in [-0.25, -0.2) is 9.07 Å². The third-order valence-corrected chi connectivity index (χ3v) is 3.49. The second kappa shape index (κ2) is 7.52. The molecule has 1 heterocycles. The van der Waals surface area contributed by atoms with E-state index in [1.165, 1.54) is 47.3 Å². The zero-order valence-corrected chi connectivity index (χ0v) is 13.7. The molecule has 0 spiro atoms. The Morgan fingerprint density at radius 3 is 2.67 bits per heavy atom. The van der Waals surface area contributed by atoms with Gasteiger partial charge in [0.05, 0.1) is 16.7 Å². The summed E-state index contributed by atoms with van der Waals surface area (Å²) < 4.78 is 19.6. The SMILES string of the molecule is O=C(Nc1ccc([N+](=O)[O-])cc1O)c1ccn(COc2ccc(F)cc2)n1. The molecule has 9 nitrogen and oxygen atoms in total. The lowest BCUT2D eigenvalue weighted by atomic mass is 10.2. The van der Waals surface area contributed by atoms with E-state index in [1.807, 2.05) is 0 Å². The van der Waals surface area contributed by atoms with Crippen molar-refractivity contribution in [1.82, 2.24) is 9.78 Å². The van der Waals surface area contributed by atoms with E-state index in [9.17, 15) is 24.4 Å². The highest BCUT2D eigenvalue weighted by Gasteiger charge is 2.15. The number of amides is 1. The molecular weight excluding hydrogens is 359 g/mol. The van der Waals surface area contributed by atoms with Gasteiger partial charge in [0, 0.05) is 12.3 Å². The lowest BCUT2D eigenvalue weighted by Gasteiger charge is -2.06. The Bertz CT molecular complexity index is 987. The standard InChI is InChI=1S/C17H13FN4O5/c18-11-1-4-13(5-2-11)27-10-21-8-7-15(20-21)17(24)19-14-6-3-12(22(25)26)9-16(14)23/h1-9,23H,10H2,(H,19,24). The first-order chi connectivity index (χ1) is 12.9. The number of carbonyl (C=O) groups excluding carboxylic acids is 1. The molecule has 0 aliphatic rings. The van der Waals surface area contributed by atoms with Crippen LogP contribution in [0.3, 0.4) is 0 Å². The number of non-ortho nitro benzene ring substituents is 1. The molecule has 3 aromatic rings. The lowest BCUT2D eigenvalue weighted by molar-refractivity contribution is -0.384. The number of hydrogen-bond acceptors (Lipinski definition) is 6. The average molecular weight is 372 g/mol. The predicted octanol–water partition coefficient (Wildman–Crippen LogP) is 2.92. The van der Waals surface area contributed by atoms with Crippen molar-refractivity contribution in [3.05, 3.63) is 76.4 Å². The average Bonchev–Trinajstić information content (AvgIpc) is 3.12. The number of carbonyl (C=O) groups is 1. The van der Waals surface area contributed by atoms with Gasteiger partial charge in [0.25, 0.3) is 11.6 Å². The highest BCUT2D eigenvalue weighted by molar-refractivity contribution is 6.03. The summed E-state index contributed by atoms with van der Waals surface area (Å²) in [6.45, 7) is 0.00168. The number of anilines is 1. The van der Waals surface area contributed by atoms with Crippen molar-refractivity contribution >= 4 is 17.3 Å². The molecule has 1 aromatic heterocycles. The number of nitro benzene ring substituents is 1. The maximum Gasteiger partial charge on any atom is 0.276 e. The van der Waals surface area contributed by atoms with Gasteiger partial charge in [-0.15, -0.1) is 0 Å². The normalized spacial score (nSPS) is 10.4. The van der Waals surface area contributed by atoms with Crippen LogP contribution in [0.5, 0.6) is 11.5 Å². The number of nitrogens with one attached hydrogen (secondary N) is 1. The van der Waals surface area contributed by atoms with Crippen LogP contribution in [-0.2, 0) is 6.73 Å². The molecule has 138 valence electrons. The molecule has 1 amide bonds. The minimum atomic E-state index is -0.659. The van der Waals surface area contributed by atoms with Gasteiger partial charge >= 0.3 is 0 Å². The smallest absolute Gasteiger partial charge is 0.276 e. The van der Waals surface area contributed by atoms with Crippen molar-refractivity contribution in [3.8, 4) is 11.5 Å². The topological polar surface area (TPSA) is 120 Å². The van der Waals surface area contributed by atoms with Gasteiger partial charge < -0.3 is 15.2 Å². The van der Waals surface area contributed by atoms with Crippen molar-refractivity contribution in [2.75, 3.05) is 5.32 Å². The fourth-order valence-electron chi connectivity index (χ4n) is 2.15. The van der Waals surface area contributed by atoms with Crippen LogP contribution in [0.2, 0.25) is 0 Å². The molecule has 10 heteroatoms. The van der Waals surface area contributed by atoms with E-state index in [-0.39, 0.29) is 29.6 Å². The van der Waals surface area contributed by atoms with Crippen molar-refractivity contribution in [3.63, 3.8) is 0 Å². The number of nitro groups is 1. The number of aromatic hydroxyl groups is 1. The van der Waals surface area contributed by atoms with E-state index in [2.05, 4.69) is 10.4 Å². The summed E-state index contributed by atoms with van der Waals surface area (Å²) in [5.74, 6) is -0.986. The zero-order valence-electron chi connectivity index (χ0n) is 13.7. The molecule has 2 aromatic carbocycles. The highest BCUT2D eigenvalue weighted by Crippen LogP contribution is 2.28. The fourth-order valence-corrected chi connectivity index (χ4v) is 2.15. The summed E-state index contributed by atoms with van der Waals surface area (Å²) in [4.78, 5) is 22.2. The largest absolute Gasteiger partial charge is 0.506 e. The third kappa shape index (κ3) is 4.37. The Labute approximate surface area is 151 Å². The van der Waals surface area contributed by atoms with E-state index in [0.717, 1.165) is 12.1 Å². The molecule has 0 fully saturated rings. The van der Waals surface area contributed by atoms with Crippen molar-refractivity contribution in [2.24, 2.45) is 0 Å². The second-order valence-electron chi connectivity index (χ2n) is 5.38. The van der Waals surface area contributed by atoms with Crippen LogP contribution >= 0.6 is 0 Å². The van der Waals surface area contributed by atoms with E-state index >= 15 is 0 Å². The van der Waals surface area contributed by atoms with Crippen LogP contribution in [0.4, 0.5) is 15.8 Å². The molecule has 0 saturated carbocycles. The first-order valence-electron chi connectivity index (χ1n) is 7.63. The van der Waals surface area contributed by atoms with Crippen LogP contribution in [0, 0.1) is 15.9 Å². The number of nitrogens with zero attached hydrogens (tertiary/aromatic N) is 3. The molecule has 0 aliphatic carbocycles. The number of ether oxygens (including phenoxy) is 1. The highest BCUT2D eigenvalue weighted by atomic mass is 19.1. The number of hydrogen-bond donors (Lipinski definition) is 2. The number of halogens is 1. The number of benzene rings is 2. The lowest BCUT2D eigenvalue weighted by Crippen LogP contribution is -2.14. The Morgan fingerprint density at radius 2 is 2.00 bits per heavy atom. The van der Waals surface area contributed by atoms with Gasteiger partial charge in [0.15, 0.2) is 12.4 Å². The molecule has 0 aliphatic heterocycles. The van der Waals surface area contributed by atoms with E-state index < -0.39 is 16.6 Å². The van der Waals surface area contributed by atoms with Gasteiger partial charge in [0.2, 0.25) is 0 Å². The third-order valence-electron chi connectivity index (χ3n) is 3.49.